The summed E-state index contributed by atoms with van der Waals surface area (Å²) in [5.41, 5.74) is 1.04. The molecule has 4 saturated carbocycles. The molecule has 4 fully saturated rings. The van der Waals surface area contributed by atoms with Crippen LogP contribution in [0.2, 0.25) is 5.02 Å². The number of hydrogen-bond acceptors (Lipinski definition) is 6. The molecule has 8 heteroatoms. The molecule has 53 heavy (non-hydrogen) atoms. The van der Waals surface area contributed by atoms with Crippen LogP contribution in [0, 0.1) is 50.7 Å². The Labute approximate surface area is 323 Å². The fourth-order valence-electron chi connectivity index (χ4n) is 13.0. The van der Waals surface area contributed by atoms with Crippen LogP contribution in [0.4, 0.5) is 4.79 Å². The number of esters is 1. The van der Waals surface area contributed by atoms with Gasteiger partial charge in [-0.15, -0.1) is 0 Å². The summed E-state index contributed by atoms with van der Waals surface area (Å²) in [4.78, 5) is 56.7. The summed E-state index contributed by atoms with van der Waals surface area (Å²) in [5, 5.41) is 0.600. The standard InChI is InChI=1S/C45H64ClNO6/c1-27(2)37-32(49)24-45(35(50)26-47(39(51)53-40(4,5)6)25-29-12-14-30(46)15-13-29)23-22-43(10)31(38(37)45)16-17-34-42(9)20-19-36(52-28(3)48)41(7,8)33(42)18-21-44(34,43)11/h12-15,27,31,33-34,36H,16-26H2,1-11H3/t31-,33+,34?,36+,42+,43-,44-,45+/m1/s1. The maximum absolute atomic E-state index is 15.1. The molecule has 0 saturated heterocycles. The highest BCUT2D eigenvalue weighted by Gasteiger charge is 2.71. The van der Waals surface area contributed by atoms with Gasteiger partial charge in [-0.1, -0.05) is 72.2 Å². The Morgan fingerprint density at radius 1 is 0.887 bits per heavy atom. The normalized spacial score (nSPS) is 36.2. The van der Waals surface area contributed by atoms with E-state index in [0.717, 1.165) is 61.7 Å². The Balaban J connectivity index is 1.36. The number of carbonyl (C=O) groups is 4. The fraction of sp³-hybridized carbons (Fsp3) is 0.733. The third kappa shape index (κ3) is 6.51. The van der Waals surface area contributed by atoms with E-state index >= 15 is 4.79 Å². The van der Waals surface area contributed by atoms with E-state index in [9.17, 15) is 14.4 Å². The Kier molecular flexibility index (Phi) is 10.2. The van der Waals surface area contributed by atoms with Crippen molar-refractivity contribution >= 4 is 35.2 Å². The quantitative estimate of drug-likeness (QED) is 0.258. The Morgan fingerprint density at radius 3 is 2.15 bits per heavy atom. The molecule has 6 rings (SSSR count). The van der Waals surface area contributed by atoms with Crippen molar-refractivity contribution in [1.29, 1.82) is 0 Å². The maximum Gasteiger partial charge on any atom is 0.410 e. The molecule has 0 N–H and O–H groups in total. The average Bonchev–Trinajstić information content (AvgIpc) is 3.36. The molecule has 8 atom stereocenters. The minimum atomic E-state index is -0.921. The topological polar surface area (TPSA) is 90.0 Å². The van der Waals surface area contributed by atoms with Crippen molar-refractivity contribution in [3.05, 3.63) is 46.0 Å². The third-order valence-corrected chi connectivity index (χ3v) is 15.7. The monoisotopic (exact) mass is 749 g/mol. The largest absolute Gasteiger partial charge is 0.462 e. The van der Waals surface area contributed by atoms with Crippen LogP contribution in [0.5, 0.6) is 0 Å². The molecule has 0 aromatic heterocycles. The number of amides is 1. The van der Waals surface area contributed by atoms with Crippen molar-refractivity contribution in [3.63, 3.8) is 0 Å². The van der Waals surface area contributed by atoms with Gasteiger partial charge in [0.15, 0.2) is 11.6 Å². The van der Waals surface area contributed by atoms with E-state index in [1.54, 1.807) is 12.1 Å². The van der Waals surface area contributed by atoms with Gasteiger partial charge in [0, 0.05) is 30.3 Å². The molecule has 0 aliphatic heterocycles. The van der Waals surface area contributed by atoms with Crippen LogP contribution in [-0.2, 0) is 30.4 Å². The number of carbonyl (C=O) groups excluding carboxylic acids is 4. The molecule has 0 spiro atoms. The number of ketones is 2. The first-order valence-electron chi connectivity index (χ1n) is 20.2. The molecular weight excluding hydrogens is 686 g/mol. The number of halogens is 1. The van der Waals surface area contributed by atoms with Gasteiger partial charge in [-0.3, -0.25) is 19.3 Å². The van der Waals surface area contributed by atoms with Crippen molar-refractivity contribution in [2.24, 2.45) is 50.7 Å². The molecule has 1 unspecified atom stereocenters. The fourth-order valence-corrected chi connectivity index (χ4v) is 13.1. The summed E-state index contributed by atoms with van der Waals surface area (Å²) in [6.07, 6.45) is 7.12. The number of allylic oxidation sites excluding steroid dienone is 2. The van der Waals surface area contributed by atoms with Gasteiger partial charge in [0.1, 0.15) is 11.7 Å². The van der Waals surface area contributed by atoms with E-state index in [0.29, 0.717) is 23.3 Å². The highest BCUT2D eigenvalue weighted by molar-refractivity contribution is 6.30. The van der Waals surface area contributed by atoms with Crippen LogP contribution >= 0.6 is 11.6 Å². The first-order valence-corrected chi connectivity index (χ1v) is 20.6. The van der Waals surface area contributed by atoms with Gasteiger partial charge in [-0.05, 0) is 141 Å². The molecular formula is C45H64ClNO6. The number of benzene rings is 1. The van der Waals surface area contributed by atoms with E-state index in [2.05, 4.69) is 48.5 Å². The highest BCUT2D eigenvalue weighted by Crippen LogP contribution is 2.76. The molecule has 0 heterocycles. The van der Waals surface area contributed by atoms with Gasteiger partial charge in [-0.2, -0.15) is 0 Å². The lowest BCUT2D eigenvalue weighted by molar-refractivity contribution is -0.232. The second kappa shape index (κ2) is 13.5. The smallest absolute Gasteiger partial charge is 0.410 e. The molecule has 1 amide bonds. The van der Waals surface area contributed by atoms with E-state index in [-0.39, 0.29) is 76.6 Å². The molecule has 1 aromatic rings. The zero-order valence-corrected chi connectivity index (χ0v) is 35.0. The van der Waals surface area contributed by atoms with E-state index < -0.39 is 17.1 Å². The summed E-state index contributed by atoms with van der Waals surface area (Å²) >= 11 is 6.18. The van der Waals surface area contributed by atoms with Crippen LogP contribution in [0.25, 0.3) is 0 Å². The minimum Gasteiger partial charge on any atom is -0.462 e. The first-order chi connectivity index (χ1) is 24.5. The lowest BCUT2D eigenvalue weighted by atomic mass is 9.33. The van der Waals surface area contributed by atoms with Crippen molar-refractivity contribution in [2.45, 2.75) is 152 Å². The molecule has 7 nitrogen and oxygen atoms in total. The van der Waals surface area contributed by atoms with Crippen LogP contribution in [0.15, 0.2) is 35.4 Å². The second-order valence-electron chi connectivity index (χ2n) is 20.1. The number of rotatable bonds is 7. The second-order valence-corrected chi connectivity index (χ2v) is 20.6. The van der Waals surface area contributed by atoms with Gasteiger partial charge in [0.25, 0.3) is 0 Å². The van der Waals surface area contributed by atoms with Crippen molar-refractivity contribution in [3.8, 4) is 0 Å². The lowest BCUT2D eigenvalue weighted by Crippen LogP contribution is -2.66. The van der Waals surface area contributed by atoms with Crippen molar-refractivity contribution in [1.82, 2.24) is 4.90 Å². The highest BCUT2D eigenvalue weighted by atomic mass is 35.5. The summed E-state index contributed by atoms with van der Waals surface area (Å²) < 4.78 is 11.8. The predicted octanol–water partition coefficient (Wildman–Crippen LogP) is 10.6. The first kappa shape index (κ1) is 40.0. The molecule has 292 valence electrons. The zero-order valence-electron chi connectivity index (χ0n) is 34.2. The number of ether oxygens (including phenoxy) is 2. The number of Topliss-reactive ketones (excluding diaryl/α,β-unsaturated/α-hetero) is 2. The SMILES string of the molecule is CC(=O)O[C@H]1CC[C@]2(C)C3CC[C@@H]4C5=C(C(C)C)C(=O)C[C@]5(C(=O)CN(Cc5ccc(Cl)cc5)C(=O)OC(C)(C)C)CC[C@@]4(C)[C@]3(C)CC[C@H]2C1(C)C. The average molecular weight is 750 g/mol. The Hall–Kier alpha value is -2.67. The van der Waals surface area contributed by atoms with Gasteiger partial charge < -0.3 is 9.47 Å². The van der Waals surface area contributed by atoms with Gasteiger partial charge in [-0.25, -0.2) is 4.79 Å². The van der Waals surface area contributed by atoms with Gasteiger partial charge in [0.05, 0.1) is 12.0 Å². The summed E-state index contributed by atoms with van der Waals surface area (Å²) in [6.45, 7) is 23.5. The van der Waals surface area contributed by atoms with E-state index in [4.69, 9.17) is 21.1 Å². The molecule has 1 aromatic carbocycles. The van der Waals surface area contributed by atoms with E-state index in [1.807, 2.05) is 32.9 Å². The number of hydrogen-bond donors (Lipinski definition) is 0. The van der Waals surface area contributed by atoms with E-state index in [1.165, 1.54) is 11.8 Å². The summed E-state index contributed by atoms with van der Waals surface area (Å²) in [6, 6.07) is 7.31. The van der Waals surface area contributed by atoms with Crippen LogP contribution in [0.3, 0.4) is 0 Å². The van der Waals surface area contributed by atoms with Gasteiger partial charge in [0.2, 0.25) is 0 Å². The number of nitrogens with zero attached hydrogens (tertiary/aromatic N) is 1. The van der Waals surface area contributed by atoms with Crippen molar-refractivity contribution in [2.75, 3.05) is 6.54 Å². The Morgan fingerprint density at radius 2 is 1.55 bits per heavy atom. The lowest BCUT2D eigenvalue weighted by Gasteiger charge is -2.72. The zero-order chi connectivity index (χ0) is 39.1. The van der Waals surface area contributed by atoms with Crippen LogP contribution in [0.1, 0.15) is 140 Å². The Bertz CT molecular complexity index is 1690. The molecule has 5 aliphatic carbocycles. The van der Waals surface area contributed by atoms with Crippen LogP contribution < -0.4 is 0 Å². The summed E-state index contributed by atoms with van der Waals surface area (Å²) in [7, 11) is 0. The van der Waals surface area contributed by atoms with Gasteiger partial charge >= 0.3 is 12.1 Å². The maximum atomic E-state index is 15.1. The van der Waals surface area contributed by atoms with Crippen LogP contribution in [-0.4, -0.2) is 46.8 Å². The molecule has 5 aliphatic rings. The predicted molar refractivity (Wildman–Crippen MR) is 208 cm³/mol. The molecule has 0 bridgehead atoms. The third-order valence-electron chi connectivity index (χ3n) is 15.5. The summed E-state index contributed by atoms with van der Waals surface area (Å²) in [5.74, 6) is 0.893. The molecule has 0 radical (unpaired) electrons. The minimum absolute atomic E-state index is 0.00156. The number of fused-ring (bicyclic) bond motifs is 7. The van der Waals surface area contributed by atoms with Crippen molar-refractivity contribution < 1.29 is 28.7 Å².